The number of carbonyl (C=O) groups is 3. The summed E-state index contributed by atoms with van der Waals surface area (Å²) in [6, 6.07) is 15.5. The summed E-state index contributed by atoms with van der Waals surface area (Å²) in [5.41, 5.74) is 4.33. The van der Waals surface area contributed by atoms with E-state index >= 15 is 0 Å². The zero-order chi connectivity index (χ0) is 20.9. The Balaban J connectivity index is 1.82. The number of rotatable bonds is 1. The van der Waals surface area contributed by atoms with Crippen LogP contribution < -0.4 is 5.32 Å². The van der Waals surface area contributed by atoms with Crippen molar-refractivity contribution in [2.24, 2.45) is 0 Å². The number of aromatic nitrogens is 2. The third kappa shape index (κ3) is 1.94. The molecule has 0 radical (unpaired) electrons. The van der Waals surface area contributed by atoms with E-state index in [1.165, 1.54) is 0 Å². The predicted molar refractivity (Wildman–Crippen MR) is 118 cm³/mol. The standard InChI is InChI=1S/C25H15N3O3/c29-13-10-9-12(11-13)28-17-8-4-2-6-15(17)19-21-20(24(30)27-25(21)31)18-14-5-1-3-7-16(14)26-22(18)23(19)28/h1-10,12,26H,11H2,(H,27,30,31). The lowest BCUT2D eigenvalue weighted by Gasteiger charge is -2.14. The van der Waals surface area contributed by atoms with Crippen molar-refractivity contribution >= 4 is 61.2 Å². The van der Waals surface area contributed by atoms with E-state index in [1.807, 2.05) is 54.6 Å². The number of ketones is 1. The molecule has 7 rings (SSSR count). The number of nitrogens with one attached hydrogen (secondary N) is 2. The van der Waals surface area contributed by atoms with E-state index < -0.39 is 0 Å². The lowest BCUT2D eigenvalue weighted by molar-refractivity contribution is -0.114. The van der Waals surface area contributed by atoms with Crippen molar-refractivity contribution in [2.75, 3.05) is 0 Å². The van der Waals surface area contributed by atoms with Crippen molar-refractivity contribution in [1.29, 1.82) is 0 Å². The maximum atomic E-state index is 13.0. The number of carbonyl (C=O) groups excluding carboxylic acids is 3. The van der Waals surface area contributed by atoms with Gasteiger partial charge in [0.2, 0.25) is 0 Å². The highest BCUT2D eigenvalue weighted by Crippen LogP contribution is 2.45. The minimum atomic E-state index is -0.377. The fraction of sp³-hybridized carbons (Fsp3) is 0.0800. The number of para-hydroxylation sites is 2. The summed E-state index contributed by atoms with van der Waals surface area (Å²) >= 11 is 0. The van der Waals surface area contributed by atoms with Gasteiger partial charge in [0.25, 0.3) is 11.8 Å². The molecule has 6 heteroatoms. The van der Waals surface area contributed by atoms with Crippen LogP contribution in [-0.4, -0.2) is 27.1 Å². The molecule has 1 aliphatic carbocycles. The number of nitrogens with zero attached hydrogens (tertiary/aromatic N) is 1. The molecule has 2 aliphatic rings. The van der Waals surface area contributed by atoms with Gasteiger partial charge < -0.3 is 9.55 Å². The Hall–Kier alpha value is -4.19. The van der Waals surface area contributed by atoms with Gasteiger partial charge >= 0.3 is 0 Å². The lowest BCUT2D eigenvalue weighted by Crippen LogP contribution is -2.20. The summed E-state index contributed by atoms with van der Waals surface area (Å²) in [6.07, 6.45) is 3.91. The van der Waals surface area contributed by atoms with Crippen LogP contribution in [0.25, 0.3) is 43.6 Å². The molecule has 0 spiro atoms. The average Bonchev–Trinajstić information content (AvgIpc) is 3.50. The van der Waals surface area contributed by atoms with Gasteiger partial charge in [-0.1, -0.05) is 42.5 Å². The molecule has 0 saturated heterocycles. The van der Waals surface area contributed by atoms with E-state index in [0.29, 0.717) is 17.5 Å². The number of fused-ring (bicyclic) bond motifs is 10. The summed E-state index contributed by atoms with van der Waals surface area (Å²) in [7, 11) is 0. The van der Waals surface area contributed by atoms with E-state index in [4.69, 9.17) is 0 Å². The average molecular weight is 405 g/mol. The van der Waals surface area contributed by atoms with Gasteiger partial charge in [0.05, 0.1) is 28.2 Å². The van der Waals surface area contributed by atoms with Gasteiger partial charge in [0.1, 0.15) is 0 Å². The van der Waals surface area contributed by atoms with Crippen molar-refractivity contribution < 1.29 is 14.4 Å². The Labute approximate surface area is 175 Å². The second kappa shape index (κ2) is 5.49. The molecule has 2 N–H and O–H groups in total. The summed E-state index contributed by atoms with van der Waals surface area (Å²) in [5, 5.41) is 5.80. The van der Waals surface area contributed by atoms with Crippen molar-refractivity contribution in [3.63, 3.8) is 0 Å². The van der Waals surface area contributed by atoms with Crippen LogP contribution in [0.4, 0.5) is 0 Å². The SMILES string of the molecule is O=C1C=CC(n2c3ccccc3c3c4c(c5c6ccccc6[nH]c5c32)C(=O)NC4=O)C1. The van der Waals surface area contributed by atoms with Crippen LogP contribution >= 0.6 is 0 Å². The number of H-pyrrole nitrogens is 1. The van der Waals surface area contributed by atoms with Crippen molar-refractivity contribution in [2.45, 2.75) is 12.5 Å². The van der Waals surface area contributed by atoms with Gasteiger partial charge in [-0.3, -0.25) is 19.7 Å². The van der Waals surface area contributed by atoms with E-state index in [1.54, 1.807) is 6.08 Å². The number of hydrogen-bond donors (Lipinski definition) is 2. The van der Waals surface area contributed by atoms with Crippen LogP contribution in [0.2, 0.25) is 0 Å². The zero-order valence-electron chi connectivity index (χ0n) is 16.2. The van der Waals surface area contributed by atoms with Crippen molar-refractivity contribution in [3.8, 4) is 0 Å². The maximum absolute atomic E-state index is 13.0. The molecule has 1 unspecified atom stereocenters. The van der Waals surface area contributed by atoms with Crippen LogP contribution in [-0.2, 0) is 4.79 Å². The molecule has 3 aromatic carbocycles. The second-order valence-electron chi connectivity index (χ2n) is 8.16. The first-order valence-electron chi connectivity index (χ1n) is 10.2. The highest BCUT2D eigenvalue weighted by molar-refractivity contribution is 6.39. The normalized spacial score (nSPS) is 18.2. The highest BCUT2D eigenvalue weighted by Gasteiger charge is 2.36. The predicted octanol–water partition coefficient (Wildman–Crippen LogP) is 4.38. The monoisotopic (exact) mass is 405 g/mol. The highest BCUT2D eigenvalue weighted by atomic mass is 16.2. The molecule has 0 fully saturated rings. The van der Waals surface area contributed by atoms with Gasteiger partial charge in [-0.05, 0) is 18.2 Å². The molecule has 3 heterocycles. The van der Waals surface area contributed by atoms with Crippen LogP contribution in [0.3, 0.4) is 0 Å². The minimum absolute atomic E-state index is 0.0814. The lowest BCUT2D eigenvalue weighted by atomic mass is 9.96. The summed E-state index contributed by atoms with van der Waals surface area (Å²) in [6.45, 7) is 0. The van der Waals surface area contributed by atoms with E-state index in [0.717, 1.165) is 43.6 Å². The fourth-order valence-corrected chi connectivity index (χ4v) is 5.36. The molecule has 6 nitrogen and oxygen atoms in total. The van der Waals surface area contributed by atoms with Crippen LogP contribution in [0, 0.1) is 0 Å². The smallest absolute Gasteiger partial charge is 0.259 e. The topological polar surface area (TPSA) is 84.0 Å². The molecule has 0 bridgehead atoms. The first-order valence-corrected chi connectivity index (χ1v) is 10.2. The molecular formula is C25H15N3O3. The Morgan fingerprint density at radius 1 is 0.839 bits per heavy atom. The summed E-state index contributed by atoms with van der Waals surface area (Å²) in [5.74, 6) is -0.666. The van der Waals surface area contributed by atoms with Crippen LogP contribution in [0.1, 0.15) is 33.2 Å². The van der Waals surface area contributed by atoms with Crippen LogP contribution in [0.15, 0.2) is 60.7 Å². The first kappa shape index (κ1) is 16.6. The minimum Gasteiger partial charge on any atom is -0.353 e. The van der Waals surface area contributed by atoms with E-state index in [-0.39, 0.29) is 23.6 Å². The van der Waals surface area contributed by atoms with Gasteiger partial charge in [-0.25, -0.2) is 0 Å². The molecule has 1 aliphatic heterocycles. The van der Waals surface area contributed by atoms with Crippen LogP contribution in [0.5, 0.6) is 0 Å². The second-order valence-corrected chi connectivity index (χ2v) is 8.16. The molecule has 1 atom stereocenters. The Kier molecular flexibility index (Phi) is 2.94. The summed E-state index contributed by atoms with van der Waals surface area (Å²) < 4.78 is 2.14. The molecule has 0 saturated carbocycles. The number of aromatic amines is 1. The third-order valence-electron chi connectivity index (χ3n) is 6.53. The largest absolute Gasteiger partial charge is 0.353 e. The van der Waals surface area contributed by atoms with E-state index in [9.17, 15) is 14.4 Å². The van der Waals surface area contributed by atoms with Gasteiger partial charge in [-0.15, -0.1) is 0 Å². The molecular weight excluding hydrogens is 390 g/mol. The fourth-order valence-electron chi connectivity index (χ4n) is 5.36. The van der Waals surface area contributed by atoms with Crippen molar-refractivity contribution in [1.82, 2.24) is 14.9 Å². The number of amides is 2. The third-order valence-corrected chi connectivity index (χ3v) is 6.53. The molecule has 5 aromatic rings. The van der Waals surface area contributed by atoms with Gasteiger partial charge in [-0.2, -0.15) is 0 Å². The Morgan fingerprint density at radius 3 is 2.32 bits per heavy atom. The van der Waals surface area contributed by atoms with Crippen molar-refractivity contribution in [3.05, 3.63) is 71.8 Å². The maximum Gasteiger partial charge on any atom is 0.259 e. The molecule has 31 heavy (non-hydrogen) atoms. The van der Waals surface area contributed by atoms with Gasteiger partial charge in [0, 0.05) is 39.0 Å². The Bertz CT molecular complexity index is 1700. The molecule has 148 valence electrons. The first-order chi connectivity index (χ1) is 15.1. The Morgan fingerprint density at radius 2 is 1.55 bits per heavy atom. The van der Waals surface area contributed by atoms with E-state index in [2.05, 4.69) is 14.9 Å². The molecule has 2 aromatic heterocycles. The quantitative estimate of drug-likeness (QED) is 0.406. The summed E-state index contributed by atoms with van der Waals surface area (Å²) in [4.78, 5) is 41.5. The number of benzene rings is 3. The zero-order valence-corrected chi connectivity index (χ0v) is 16.2. The van der Waals surface area contributed by atoms with Gasteiger partial charge in [0.15, 0.2) is 5.78 Å². The number of hydrogen-bond acceptors (Lipinski definition) is 3. The number of imide groups is 1. The number of allylic oxidation sites excluding steroid dienone is 2. The molecule has 2 amide bonds.